The normalized spacial score (nSPS) is 28.4. The van der Waals surface area contributed by atoms with E-state index in [0.29, 0.717) is 13.0 Å². The molecule has 5 rings (SSSR count). The summed E-state index contributed by atoms with van der Waals surface area (Å²) >= 11 is 0. The van der Waals surface area contributed by atoms with Crippen LogP contribution in [0.5, 0.6) is 5.75 Å². The fraction of sp³-hybridized carbons (Fsp3) is 0.480. The summed E-state index contributed by atoms with van der Waals surface area (Å²) in [5.41, 5.74) is 3.45. The average Bonchev–Trinajstić information content (AvgIpc) is 3.05. The van der Waals surface area contributed by atoms with E-state index in [4.69, 9.17) is 18.9 Å². The zero-order valence-corrected chi connectivity index (χ0v) is 17.9. The van der Waals surface area contributed by atoms with Crippen LogP contribution in [0.25, 0.3) is 11.1 Å². The van der Waals surface area contributed by atoms with E-state index in [1.54, 1.807) is 7.11 Å². The van der Waals surface area contributed by atoms with Gasteiger partial charge in [-0.2, -0.15) is 0 Å². The van der Waals surface area contributed by atoms with Gasteiger partial charge in [-0.15, -0.1) is 0 Å². The number of rotatable bonds is 6. The summed E-state index contributed by atoms with van der Waals surface area (Å²) in [4.78, 5) is 14.5. The van der Waals surface area contributed by atoms with Crippen LogP contribution in [0.2, 0.25) is 0 Å². The maximum atomic E-state index is 12.1. The molecule has 2 aliphatic heterocycles. The highest BCUT2D eigenvalue weighted by Gasteiger charge is 2.52. The summed E-state index contributed by atoms with van der Waals surface area (Å²) < 4.78 is 22.8. The van der Waals surface area contributed by atoms with E-state index < -0.39 is 0 Å². The first-order valence-electron chi connectivity index (χ1n) is 11.1. The van der Waals surface area contributed by atoms with Crippen molar-refractivity contribution in [1.29, 1.82) is 0 Å². The molecule has 4 unspecified atom stereocenters. The van der Waals surface area contributed by atoms with E-state index in [9.17, 15) is 4.79 Å². The van der Waals surface area contributed by atoms with Gasteiger partial charge in [0, 0.05) is 25.4 Å². The Kier molecular flexibility index (Phi) is 5.94. The van der Waals surface area contributed by atoms with E-state index >= 15 is 0 Å². The van der Waals surface area contributed by atoms with Crippen molar-refractivity contribution >= 4 is 5.97 Å². The first-order chi connectivity index (χ1) is 15.2. The van der Waals surface area contributed by atoms with Crippen LogP contribution in [0.15, 0.2) is 48.5 Å². The topological polar surface area (TPSA) is 57.2 Å². The van der Waals surface area contributed by atoms with Gasteiger partial charge in [0.2, 0.25) is 0 Å². The monoisotopic (exact) mass is 423 g/mol. The molecule has 2 saturated heterocycles. The van der Waals surface area contributed by atoms with Crippen LogP contribution in [0.1, 0.15) is 18.4 Å². The molecule has 3 fully saturated rings. The molecule has 0 spiro atoms. The van der Waals surface area contributed by atoms with Crippen molar-refractivity contribution in [1.82, 2.24) is 4.90 Å². The second kappa shape index (κ2) is 8.99. The third-order valence-corrected chi connectivity index (χ3v) is 6.76. The van der Waals surface area contributed by atoms with Crippen molar-refractivity contribution in [2.45, 2.75) is 37.7 Å². The molecule has 31 heavy (non-hydrogen) atoms. The molecule has 0 amide bonds. The molecule has 2 heterocycles. The van der Waals surface area contributed by atoms with E-state index in [1.165, 1.54) is 0 Å². The molecule has 6 nitrogen and oxygen atoms in total. The number of hydrogen-bond acceptors (Lipinski definition) is 6. The smallest absolute Gasteiger partial charge is 0.306 e. The predicted molar refractivity (Wildman–Crippen MR) is 116 cm³/mol. The molecule has 1 saturated carbocycles. The van der Waals surface area contributed by atoms with Gasteiger partial charge in [0.25, 0.3) is 0 Å². The van der Waals surface area contributed by atoms with E-state index in [0.717, 1.165) is 55.2 Å². The lowest BCUT2D eigenvalue weighted by molar-refractivity contribution is -0.161. The Bertz CT molecular complexity index is 891. The van der Waals surface area contributed by atoms with Crippen molar-refractivity contribution in [3.63, 3.8) is 0 Å². The van der Waals surface area contributed by atoms with Gasteiger partial charge in [0.05, 0.1) is 45.5 Å². The molecule has 0 aromatic heterocycles. The van der Waals surface area contributed by atoms with Gasteiger partial charge in [0.15, 0.2) is 0 Å². The summed E-state index contributed by atoms with van der Waals surface area (Å²) in [7, 11) is 1.67. The standard InChI is InChI=1S/C25H29NO5/c1-28-20-8-6-19(7-9-20)18-4-2-17(3-5-18)16-30-22-15-23-25(21(22)14-24(27)31-23)26-10-12-29-13-11-26/h2-9,21-23,25H,10-16H2,1H3. The average molecular weight is 424 g/mol. The van der Waals surface area contributed by atoms with Gasteiger partial charge in [-0.1, -0.05) is 36.4 Å². The quantitative estimate of drug-likeness (QED) is 0.665. The van der Waals surface area contributed by atoms with Crippen molar-refractivity contribution in [3.05, 3.63) is 54.1 Å². The SMILES string of the molecule is COc1ccc(-c2ccc(COC3CC4OC(=O)CC3C4N3CCOCC3)cc2)cc1. The number of carbonyl (C=O) groups is 1. The number of ether oxygens (including phenoxy) is 4. The summed E-state index contributed by atoms with van der Waals surface area (Å²) in [5, 5.41) is 0. The van der Waals surface area contributed by atoms with Crippen molar-refractivity contribution in [2.75, 3.05) is 33.4 Å². The molecule has 3 aliphatic rings. The Morgan fingerprint density at radius 2 is 1.68 bits per heavy atom. The van der Waals surface area contributed by atoms with Gasteiger partial charge >= 0.3 is 5.97 Å². The van der Waals surface area contributed by atoms with Crippen molar-refractivity contribution in [3.8, 4) is 16.9 Å². The Morgan fingerprint density at radius 3 is 2.35 bits per heavy atom. The molecule has 1 aliphatic carbocycles. The summed E-state index contributed by atoms with van der Waals surface area (Å²) in [6.07, 6.45) is 1.21. The summed E-state index contributed by atoms with van der Waals surface area (Å²) in [6.45, 7) is 3.83. The Balaban J connectivity index is 1.22. The largest absolute Gasteiger partial charge is 0.497 e. The fourth-order valence-electron chi connectivity index (χ4n) is 5.17. The van der Waals surface area contributed by atoms with E-state index in [1.807, 2.05) is 12.1 Å². The lowest BCUT2D eigenvalue weighted by Crippen LogP contribution is -2.53. The minimum absolute atomic E-state index is 0.0468. The van der Waals surface area contributed by atoms with E-state index in [2.05, 4.69) is 41.3 Å². The highest BCUT2D eigenvalue weighted by Crippen LogP contribution is 2.41. The molecule has 2 bridgehead atoms. The molecule has 6 heteroatoms. The Hall–Kier alpha value is -2.41. The maximum Gasteiger partial charge on any atom is 0.306 e. The maximum absolute atomic E-state index is 12.1. The van der Waals surface area contributed by atoms with Crippen molar-refractivity contribution in [2.24, 2.45) is 5.92 Å². The number of benzene rings is 2. The van der Waals surface area contributed by atoms with Crippen molar-refractivity contribution < 1.29 is 23.7 Å². The van der Waals surface area contributed by atoms with Gasteiger partial charge in [-0.05, 0) is 28.8 Å². The van der Waals surface area contributed by atoms with Gasteiger partial charge in [-0.3, -0.25) is 9.69 Å². The van der Waals surface area contributed by atoms with E-state index in [-0.39, 0.29) is 30.1 Å². The zero-order chi connectivity index (χ0) is 21.2. The van der Waals surface area contributed by atoms with Crippen LogP contribution < -0.4 is 4.74 Å². The summed E-state index contributed by atoms with van der Waals surface area (Å²) in [6, 6.07) is 16.8. The second-order valence-electron chi connectivity index (χ2n) is 8.55. The lowest BCUT2D eigenvalue weighted by Gasteiger charge is -2.40. The molecule has 2 aromatic rings. The van der Waals surface area contributed by atoms with Gasteiger partial charge in [-0.25, -0.2) is 0 Å². The lowest BCUT2D eigenvalue weighted by atomic mass is 9.93. The highest BCUT2D eigenvalue weighted by molar-refractivity contribution is 5.71. The van der Waals surface area contributed by atoms with Gasteiger partial charge in [0.1, 0.15) is 11.9 Å². The van der Waals surface area contributed by atoms with Gasteiger partial charge < -0.3 is 18.9 Å². The number of esters is 1. The number of morpholine rings is 1. The molecule has 2 aromatic carbocycles. The number of methoxy groups -OCH3 is 1. The summed E-state index contributed by atoms with van der Waals surface area (Å²) in [5.74, 6) is 0.964. The predicted octanol–water partition coefficient (Wildman–Crippen LogP) is 3.28. The highest BCUT2D eigenvalue weighted by atomic mass is 16.6. The molecule has 0 radical (unpaired) electrons. The molecule has 4 atom stereocenters. The third-order valence-electron chi connectivity index (χ3n) is 6.76. The minimum Gasteiger partial charge on any atom is -0.497 e. The Morgan fingerprint density at radius 1 is 1.00 bits per heavy atom. The van der Waals surface area contributed by atoms with Crippen LogP contribution in [0, 0.1) is 5.92 Å². The number of nitrogens with zero attached hydrogens (tertiary/aromatic N) is 1. The fourth-order valence-corrected chi connectivity index (χ4v) is 5.17. The molecular weight excluding hydrogens is 394 g/mol. The third kappa shape index (κ3) is 4.33. The zero-order valence-electron chi connectivity index (χ0n) is 17.9. The van der Waals surface area contributed by atoms with Crippen LogP contribution in [-0.4, -0.2) is 62.5 Å². The molecule has 0 N–H and O–H groups in total. The molecule has 164 valence electrons. The second-order valence-corrected chi connectivity index (χ2v) is 8.55. The first-order valence-corrected chi connectivity index (χ1v) is 11.1. The number of hydrogen-bond donors (Lipinski definition) is 0. The van der Waals surface area contributed by atoms with Crippen LogP contribution in [-0.2, 0) is 25.6 Å². The minimum atomic E-state index is -0.0885. The molecular formula is C25H29NO5. The Labute approximate surface area is 183 Å². The first kappa shape index (κ1) is 20.5. The van der Waals surface area contributed by atoms with Crippen LogP contribution in [0.4, 0.5) is 0 Å². The number of carbonyl (C=O) groups excluding carboxylic acids is 1. The van der Waals surface area contributed by atoms with Crippen LogP contribution >= 0.6 is 0 Å². The van der Waals surface area contributed by atoms with Crippen LogP contribution in [0.3, 0.4) is 0 Å². The number of fused-ring (bicyclic) bond motifs is 2.